The molecule has 0 spiro atoms. The predicted molar refractivity (Wildman–Crippen MR) is 195 cm³/mol. The van der Waals surface area contributed by atoms with Crippen molar-refractivity contribution in [2.24, 2.45) is 11.8 Å². The monoisotopic (exact) mass is 610 g/mol. The van der Waals surface area contributed by atoms with Crippen LogP contribution >= 0.6 is 0 Å². The maximum absolute atomic E-state index is 2.78. The van der Waals surface area contributed by atoms with Gasteiger partial charge in [0.05, 0.1) is 8.07 Å². The zero-order valence-corrected chi connectivity index (χ0v) is 29.3. The highest BCUT2D eigenvalue weighted by molar-refractivity contribution is 6.80. The molecule has 4 atom stereocenters. The van der Waals surface area contributed by atoms with Gasteiger partial charge in [0.15, 0.2) is 0 Å². The van der Waals surface area contributed by atoms with Crippen LogP contribution in [0.15, 0.2) is 72.8 Å². The Hall–Kier alpha value is -3.30. The standard InChI is InChI=1S/C42H50N2Si/c1-27-23-35-37(25-29-15-13-21-33(29)39(35)43(3)31-17-9-7-10-18-31)41(27)45(5,6)42-28(2)24-36-38(42)26-30-16-14-22-34(30)40(36)44(4)32-19-11-8-12-20-32/h7-12,17-20,25-28,41-42H,13-16,21-24H2,1-6H3. The number of aryl methyl sites for hydroxylation is 2. The van der Waals surface area contributed by atoms with Gasteiger partial charge in [-0.1, -0.05) is 75.5 Å². The lowest BCUT2D eigenvalue weighted by Crippen LogP contribution is -2.45. The molecule has 232 valence electrons. The van der Waals surface area contributed by atoms with Gasteiger partial charge >= 0.3 is 0 Å². The van der Waals surface area contributed by atoms with Crippen molar-refractivity contribution in [2.75, 3.05) is 23.9 Å². The maximum atomic E-state index is 2.78. The quantitative estimate of drug-likeness (QED) is 0.200. The molecule has 4 aromatic carbocycles. The molecule has 0 saturated carbocycles. The Morgan fingerprint density at radius 1 is 0.556 bits per heavy atom. The number of para-hydroxylation sites is 2. The molecule has 0 N–H and O–H groups in total. The molecule has 0 bridgehead atoms. The Morgan fingerprint density at radius 3 is 1.36 bits per heavy atom. The van der Waals surface area contributed by atoms with E-state index in [9.17, 15) is 0 Å². The van der Waals surface area contributed by atoms with Gasteiger partial charge in [-0.05, 0) is 143 Å². The van der Waals surface area contributed by atoms with Gasteiger partial charge in [0.25, 0.3) is 0 Å². The van der Waals surface area contributed by atoms with E-state index in [1.54, 1.807) is 55.9 Å². The fraction of sp³-hybridized carbons (Fsp3) is 0.429. The second kappa shape index (κ2) is 10.9. The van der Waals surface area contributed by atoms with Crippen LogP contribution in [0.1, 0.15) is 82.3 Å². The lowest BCUT2D eigenvalue weighted by atomic mass is 9.97. The Morgan fingerprint density at radius 2 is 0.956 bits per heavy atom. The average molecular weight is 611 g/mol. The van der Waals surface area contributed by atoms with Crippen LogP contribution in [0.4, 0.5) is 22.7 Å². The van der Waals surface area contributed by atoms with Crippen molar-refractivity contribution in [3.05, 3.63) is 117 Å². The van der Waals surface area contributed by atoms with Gasteiger partial charge < -0.3 is 9.80 Å². The highest BCUT2D eigenvalue weighted by Crippen LogP contribution is 2.58. The molecular weight excluding hydrogens is 561 g/mol. The van der Waals surface area contributed by atoms with Gasteiger partial charge in [0.1, 0.15) is 0 Å². The summed E-state index contributed by atoms with van der Waals surface area (Å²) in [5.41, 5.74) is 20.4. The zero-order valence-electron chi connectivity index (χ0n) is 28.3. The van der Waals surface area contributed by atoms with Gasteiger partial charge in [0.2, 0.25) is 0 Å². The van der Waals surface area contributed by atoms with Crippen LogP contribution in [0.2, 0.25) is 13.1 Å². The van der Waals surface area contributed by atoms with E-state index < -0.39 is 8.07 Å². The summed E-state index contributed by atoms with van der Waals surface area (Å²) in [6.45, 7) is 10.7. The first-order valence-electron chi connectivity index (χ1n) is 17.7. The molecule has 0 aromatic heterocycles. The molecule has 3 heteroatoms. The lowest BCUT2D eigenvalue weighted by Gasteiger charge is -2.41. The molecule has 0 fully saturated rings. The number of rotatable bonds is 6. The number of hydrogen-bond donors (Lipinski definition) is 0. The van der Waals surface area contributed by atoms with Crippen molar-refractivity contribution >= 4 is 30.8 Å². The van der Waals surface area contributed by atoms with Gasteiger partial charge in [-0.25, -0.2) is 0 Å². The number of nitrogens with zero attached hydrogens (tertiary/aromatic N) is 2. The molecule has 45 heavy (non-hydrogen) atoms. The minimum atomic E-state index is -1.84. The van der Waals surface area contributed by atoms with Crippen LogP contribution in [-0.2, 0) is 38.5 Å². The normalized spacial score (nSPS) is 23.1. The minimum Gasteiger partial charge on any atom is -0.344 e. The van der Waals surface area contributed by atoms with Crippen molar-refractivity contribution < 1.29 is 0 Å². The number of anilines is 4. The van der Waals surface area contributed by atoms with Crippen molar-refractivity contribution in [2.45, 2.75) is 89.4 Å². The molecule has 4 aliphatic rings. The summed E-state index contributed by atoms with van der Waals surface area (Å²) < 4.78 is 0. The highest BCUT2D eigenvalue weighted by Gasteiger charge is 2.52. The summed E-state index contributed by atoms with van der Waals surface area (Å²) in [5.74, 6) is 1.37. The molecule has 4 unspecified atom stereocenters. The fourth-order valence-corrected chi connectivity index (χ4v) is 16.6. The fourth-order valence-electron chi connectivity index (χ4n) is 10.9. The summed E-state index contributed by atoms with van der Waals surface area (Å²) >= 11 is 0. The first kappa shape index (κ1) is 29.1. The van der Waals surface area contributed by atoms with Gasteiger partial charge in [0, 0.05) is 36.8 Å². The Kier molecular flexibility index (Phi) is 7.06. The van der Waals surface area contributed by atoms with Crippen LogP contribution in [0, 0.1) is 11.8 Å². The number of benzene rings is 4. The molecular formula is C42H50N2Si. The number of hydrogen-bond acceptors (Lipinski definition) is 2. The van der Waals surface area contributed by atoms with Crippen molar-refractivity contribution in [3.63, 3.8) is 0 Å². The Bertz CT molecular complexity index is 1630. The van der Waals surface area contributed by atoms with Gasteiger partial charge in [-0.3, -0.25) is 0 Å². The molecule has 0 saturated heterocycles. The van der Waals surface area contributed by atoms with E-state index in [0.717, 1.165) is 0 Å². The summed E-state index contributed by atoms with van der Waals surface area (Å²) in [6, 6.07) is 27.6. The largest absolute Gasteiger partial charge is 0.344 e. The maximum Gasteiger partial charge on any atom is 0.0634 e. The third kappa shape index (κ3) is 4.48. The van der Waals surface area contributed by atoms with E-state index in [2.05, 4.69) is 124 Å². The van der Waals surface area contributed by atoms with E-state index in [1.807, 2.05) is 0 Å². The summed E-state index contributed by atoms with van der Waals surface area (Å²) in [7, 11) is 2.81. The van der Waals surface area contributed by atoms with E-state index in [-0.39, 0.29) is 0 Å². The summed E-state index contributed by atoms with van der Waals surface area (Å²) in [4.78, 5) is 5.07. The molecule has 0 heterocycles. The first-order valence-corrected chi connectivity index (χ1v) is 20.8. The second-order valence-electron chi connectivity index (χ2n) is 15.5. The second-order valence-corrected chi connectivity index (χ2v) is 20.4. The van der Waals surface area contributed by atoms with E-state index in [0.29, 0.717) is 22.9 Å². The summed E-state index contributed by atoms with van der Waals surface area (Å²) in [5, 5.41) is 0. The zero-order chi connectivity index (χ0) is 31.0. The first-order chi connectivity index (χ1) is 21.8. The highest BCUT2D eigenvalue weighted by atomic mass is 28.3. The van der Waals surface area contributed by atoms with Crippen LogP contribution in [-0.4, -0.2) is 22.2 Å². The lowest BCUT2D eigenvalue weighted by molar-refractivity contribution is 0.543. The average Bonchev–Trinajstić information content (AvgIpc) is 3.83. The number of fused-ring (bicyclic) bond motifs is 4. The molecule has 4 aliphatic carbocycles. The van der Waals surface area contributed by atoms with E-state index >= 15 is 0 Å². The van der Waals surface area contributed by atoms with Crippen molar-refractivity contribution in [1.82, 2.24) is 0 Å². The van der Waals surface area contributed by atoms with Crippen LogP contribution in [0.3, 0.4) is 0 Å². The van der Waals surface area contributed by atoms with Crippen LogP contribution in [0.25, 0.3) is 0 Å². The summed E-state index contributed by atoms with van der Waals surface area (Å²) in [6.07, 6.45) is 9.97. The smallest absolute Gasteiger partial charge is 0.0634 e. The van der Waals surface area contributed by atoms with Crippen LogP contribution < -0.4 is 9.80 Å². The third-order valence-corrected chi connectivity index (χ3v) is 17.4. The minimum absolute atomic E-state index is 0.684. The van der Waals surface area contributed by atoms with Gasteiger partial charge in [-0.2, -0.15) is 0 Å². The van der Waals surface area contributed by atoms with Crippen molar-refractivity contribution in [3.8, 4) is 0 Å². The third-order valence-electron chi connectivity index (χ3n) is 12.4. The van der Waals surface area contributed by atoms with Crippen LogP contribution in [0.5, 0.6) is 0 Å². The van der Waals surface area contributed by atoms with E-state index in [1.165, 1.54) is 62.7 Å². The Balaban J connectivity index is 1.25. The SMILES string of the molecule is CC1Cc2c(cc3c(c2N(C)c2ccccc2)CCC3)C1[Si](C)(C)C1c2cc3c(c(N(C)c4ccccc4)c2CC1C)CCC3. The molecule has 0 radical (unpaired) electrons. The topological polar surface area (TPSA) is 6.48 Å². The Labute approximate surface area is 272 Å². The molecule has 8 rings (SSSR count). The predicted octanol–water partition coefficient (Wildman–Crippen LogP) is 10.2. The molecule has 0 aliphatic heterocycles. The molecule has 4 aromatic rings. The van der Waals surface area contributed by atoms with Crippen molar-refractivity contribution in [1.29, 1.82) is 0 Å². The molecule has 2 nitrogen and oxygen atoms in total. The molecule has 0 amide bonds. The van der Waals surface area contributed by atoms with E-state index in [4.69, 9.17) is 0 Å². The van der Waals surface area contributed by atoms with Gasteiger partial charge in [-0.15, -0.1) is 0 Å².